The number of aryl methyl sites for hydroxylation is 2. The molecule has 3 aromatic heterocycles. The van der Waals surface area contributed by atoms with E-state index in [4.69, 9.17) is 10.5 Å². The molecule has 0 fully saturated rings. The summed E-state index contributed by atoms with van der Waals surface area (Å²) in [6.45, 7) is 7.35. The van der Waals surface area contributed by atoms with Gasteiger partial charge in [-0.1, -0.05) is 0 Å². The average Bonchev–Trinajstić information content (AvgIpc) is 3.13. The molecule has 3 aromatic rings. The lowest BCUT2D eigenvalue weighted by Gasteiger charge is -2.22. The summed E-state index contributed by atoms with van der Waals surface area (Å²) >= 11 is 1.54. The van der Waals surface area contributed by atoms with Gasteiger partial charge in [-0.25, -0.2) is 4.98 Å². The molecule has 0 bridgehead atoms. The van der Waals surface area contributed by atoms with Crippen molar-refractivity contribution in [2.24, 2.45) is 5.73 Å². The quantitative estimate of drug-likeness (QED) is 0.680. The molecule has 0 saturated carbocycles. The van der Waals surface area contributed by atoms with Crippen molar-refractivity contribution >= 4 is 28.7 Å². The van der Waals surface area contributed by atoms with E-state index < -0.39 is 11.4 Å². The number of aromatic nitrogens is 2. The maximum absolute atomic E-state index is 12.8. The van der Waals surface area contributed by atoms with Crippen LogP contribution in [0.4, 0.5) is 0 Å². The monoisotopic (exact) mass is 386 g/mol. The van der Waals surface area contributed by atoms with Crippen LogP contribution in [0, 0.1) is 13.8 Å². The van der Waals surface area contributed by atoms with Gasteiger partial charge >= 0.3 is 0 Å². The fourth-order valence-corrected chi connectivity index (χ4v) is 3.36. The molecule has 0 spiro atoms. The SMILES string of the molecule is Cc1cc2ccc(OCc3scnc3C)cn2c1C(=O)NC(C)(C)C(N)=O. The van der Waals surface area contributed by atoms with Crippen LogP contribution in [0.3, 0.4) is 0 Å². The van der Waals surface area contributed by atoms with Gasteiger partial charge in [0, 0.05) is 5.52 Å². The Labute approximate surface area is 161 Å². The van der Waals surface area contributed by atoms with Gasteiger partial charge in [-0.2, -0.15) is 0 Å². The Morgan fingerprint density at radius 3 is 2.70 bits per heavy atom. The van der Waals surface area contributed by atoms with Crippen molar-refractivity contribution < 1.29 is 14.3 Å². The lowest BCUT2D eigenvalue weighted by Crippen LogP contribution is -2.53. The van der Waals surface area contributed by atoms with E-state index in [0.29, 0.717) is 18.1 Å². The third-order valence-corrected chi connectivity index (χ3v) is 5.31. The number of carbonyl (C=O) groups excluding carboxylic acids is 2. The number of rotatable bonds is 6. The molecule has 8 heteroatoms. The van der Waals surface area contributed by atoms with Crippen LogP contribution >= 0.6 is 11.3 Å². The Morgan fingerprint density at radius 2 is 2.07 bits per heavy atom. The molecule has 142 valence electrons. The Kier molecular flexibility index (Phi) is 4.93. The summed E-state index contributed by atoms with van der Waals surface area (Å²) in [7, 11) is 0. The van der Waals surface area contributed by atoms with Crippen molar-refractivity contribution in [2.45, 2.75) is 39.8 Å². The number of primary amides is 1. The predicted octanol–water partition coefficient (Wildman–Crippen LogP) is 2.59. The van der Waals surface area contributed by atoms with Gasteiger partial charge in [0.2, 0.25) is 5.91 Å². The molecule has 2 amide bonds. The molecule has 27 heavy (non-hydrogen) atoms. The van der Waals surface area contributed by atoms with Crippen molar-refractivity contribution in [3.05, 3.63) is 51.7 Å². The van der Waals surface area contributed by atoms with Gasteiger partial charge < -0.3 is 20.2 Å². The maximum atomic E-state index is 12.8. The zero-order chi connectivity index (χ0) is 19.8. The molecule has 3 N–H and O–H groups in total. The van der Waals surface area contributed by atoms with Crippen LogP contribution in [0.1, 0.15) is 40.5 Å². The second-order valence-corrected chi connectivity index (χ2v) is 7.87. The molecular formula is C19H22N4O3S. The van der Waals surface area contributed by atoms with Crippen LogP contribution in [0.15, 0.2) is 29.9 Å². The van der Waals surface area contributed by atoms with E-state index in [0.717, 1.165) is 21.7 Å². The van der Waals surface area contributed by atoms with E-state index >= 15 is 0 Å². The topological polar surface area (TPSA) is 98.7 Å². The minimum Gasteiger partial charge on any atom is -0.486 e. The Hall–Kier alpha value is -2.87. The van der Waals surface area contributed by atoms with Crippen molar-refractivity contribution in [2.75, 3.05) is 0 Å². The third-order valence-electron chi connectivity index (χ3n) is 4.40. The summed E-state index contributed by atoms with van der Waals surface area (Å²) in [6.07, 6.45) is 1.77. The van der Waals surface area contributed by atoms with Gasteiger partial charge in [-0.15, -0.1) is 11.3 Å². The van der Waals surface area contributed by atoms with Gasteiger partial charge in [0.05, 0.1) is 22.3 Å². The highest BCUT2D eigenvalue weighted by Crippen LogP contribution is 2.23. The lowest BCUT2D eigenvalue weighted by molar-refractivity contribution is -0.122. The molecule has 7 nitrogen and oxygen atoms in total. The number of nitrogens with one attached hydrogen (secondary N) is 1. The van der Waals surface area contributed by atoms with E-state index in [2.05, 4.69) is 10.3 Å². The van der Waals surface area contributed by atoms with Crippen molar-refractivity contribution in [3.63, 3.8) is 0 Å². The smallest absolute Gasteiger partial charge is 0.269 e. The van der Waals surface area contributed by atoms with Crippen LogP contribution in [-0.4, -0.2) is 26.7 Å². The van der Waals surface area contributed by atoms with E-state index in [1.54, 1.807) is 41.3 Å². The molecule has 3 rings (SSSR count). The lowest BCUT2D eigenvalue weighted by atomic mass is 10.0. The molecule has 0 saturated heterocycles. The first-order chi connectivity index (χ1) is 12.7. The van der Waals surface area contributed by atoms with E-state index in [9.17, 15) is 9.59 Å². The summed E-state index contributed by atoms with van der Waals surface area (Å²) in [6, 6.07) is 5.65. The zero-order valence-corrected chi connectivity index (χ0v) is 16.5. The number of pyridine rings is 1. The normalized spacial score (nSPS) is 11.6. The van der Waals surface area contributed by atoms with Crippen LogP contribution in [0.5, 0.6) is 5.75 Å². The first-order valence-corrected chi connectivity index (χ1v) is 9.33. The highest BCUT2D eigenvalue weighted by atomic mass is 32.1. The Balaban J connectivity index is 1.89. The molecule has 0 atom stereocenters. The standard InChI is InChI=1S/C19H22N4O3S/c1-11-7-13-5-6-14(26-9-15-12(2)21-10-27-15)8-23(13)16(11)17(24)22-19(3,4)18(20)25/h5-8,10H,9H2,1-4H3,(H2,20,25)(H,22,24). The first kappa shape index (κ1) is 18.9. The number of hydrogen-bond donors (Lipinski definition) is 2. The van der Waals surface area contributed by atoms with Crippen LogP contribution in [0.25, 0.3) is 5.52 Å². The molecule has 0 aromatic carbocycles. The van der Waals surface area contributed by atoms with Crippen molar-refractivity contribution in [1.82, 2.24) is 14.7 Å². The zero-order valence-electron chi connectivity index (χ0n) is 15.7. The van der Waals surface area contributed by atoms with Crippen molar-refractivity contribution in [3.8, 4) is 5.75 Å². The Bertz CT molecular complexity index is 1020. The van der Waals surface area contributed by atoms with E-state index in [-0.39, 0.29) is 5.91 Å². The highest BCUT2D eigenvalue weighted by Gasteiger charge is 2.29. The second kappa shape index (κ2) is 7.03. The Morgan fingerprint density at radius 1 is 1.33 bits per heavy atom. The number of carbonyl (C=O) groups is 2. The van der Waals surface area contributed by atoms with Crippen LogP contribution < -0.4 is 15.8 Å². The van der Waals surface area contributed by atoms with Gasteiger partial charge in [0.1, 0.15) is 23.6 Å². The number of nitrogens with two attached hydrogens (primary N) is 1. The van der Waals surface area contributed by atoms with E-state index in [1.807, 2.05) is 32.0 Å². The van der Waals surface area contributed by atoms with Crippen LogP contribution in [-0.2, 0) is 11.4 Å². The summed E-state index contributed by atoms with van der Waals surface area (Å²) in [5.74, 6) is -0.334. The summed E-state index contributed by atoms with van der Waals surface area (Å²) in [4.78, 5) is 29.6. The summed E-state index contributed by atoms with van der Waals surface area (Å²) in [5.41, 5.74) is 9.05. The number of fused-ring (bicyclic) bond motifs is 1. The maximum Gasteiger partial charge on any atom is 0.269 e. The third kappa shape index (κ3) is 3.80. The molecule has 0 aliphatic carbocycles. The number of thiazole rings is 1. The number of hydrogen-bond acceptors (Lipinski definition) is 5. The number of amides is 2. The molecule has 3 heterocycles. The fourth-order valence-electron chi connectivity index (χ4n) is 2.68. The minimum atomic E-state index is -1.15. The van der Waals surface area contributed by atoms with Gasteiger partial charge in [0.25, 0.3) is 5.91 Å². The number of nitrogens with zero attached hydrogens (tertiary/aromatic N) is 2. The van der Waals surface area contributed by atoms with E-state index in [1.165, 1.54) is 0 Å². The second-order valence-electron chi connectivity index (χ2n) is 6.93. The van der Waals surface area contributed by atoms with Gasteiger partial charge in [-0.3, -0.25) is 9.59 Å². The van der Waals surface area contributed by atoms with Crippen LogP contribution in [0.2, 0.25) is 0 Å². The molecule has 0 aliphatic heterocycles. The highest BCUT2D eigenvalue weighted by molar-refractivity contribution is 7.09. The predicted molar refractivity (Wildman–Crippen MR) is 104 cm³/mol. The first-order valence-electron chi connectivity index (χ1n) is 8.45. The average molecular weight is 386 g/mol. The largest absolute Gasteiger partial charge is 0.486 e. The van der Waals surface area contributed by atoms with Gasteiger partial charge in [0.15, 0.2) is 0 Å². The molecule has 0 unspecified atom stereocenters. The summed E-state index contributed by atoms with van der Waals surface area (Å²) < 4.78 is 7.63. The fraction of sp³-hybridized carbons (Fsp3) is 0.316. The van der Waals surface area contributed by atoms with Crippen molar-refractivity contribution in [1.29, 1.82) is 0 Å². The molecule has 0 aliphatic rings. The molecule has 0 radical (unpaired) electrons. The number of ether oxygens (including phenoxy) is 1. The van der Waals surface area contributed by atoms with Gasteiger partial charge in [-0.05, 0) is 51.5 Å². The summed E-state index contributed by atoms with van der Waals surface area (Å²) in [5, 5.41) is 2.69. The minimum absolute atomic E-state index is 0.369. The molecular weight excluding hydrogens is 364 g/mol.